The summed E-state index contributed by atoms with van der Waals surface area (Å²) >= 11 is 0. The fourth-order valence-electron chi connectivity index (χ4n) is 2.28. The highest BCUT2D eigenvalue weighted by molar-refractivity contribution is 5.92. The second-order valence-corrected chi connectivity index (χ2v) is 5.08. The Balaban J connectivity index is 1.65. The van der Waals surface area contributed by atoms with E-state index in [1.807, 2.05) is 36.4 Å². The van der Waals surface area contributed by atoms with E-state index in [4.69, 9.17) is 4.74 Å². The van der Waals surface area contributed by atoms with Crippen molar-refractivity contribution in [1.82, 2.24) is 19.7 Å². The van der Waals surface area contributed by atoms with Gasteiger partial charge >= 0.3 is 0 Å². The van der Waals surface area contributed by atoms with Crippen LogP contribution in [0, 0.1) is 0 Å². The second kappa shape index (κ2) is 7.36. The molecular weight excluding hydrogens is 306 g/mol. The van der Waals surface area contributed by atoms with Crippen LogP contribution in [0.4, 0.5) is 5.69 Å². The zero-order chi connectivity index (χ0) is 16.8. The molecule has 0 unspecified atom stereocenters. The van der Waals surface area contributed by atoms with E-state index in [0.717, 1.165) is 11.4 Å². The number of benzene rings is 1. The van der Waals surface area contributed by atoms with Crippen LogP contribution in [0.5, 0.6) is 5.88 Å². The van der Waals surface area contributed by atoms with Crippen molar-refractivity contribution < 1.29 is 9.53 Å². The standard InChI is InChI=1S/C17H17N5O2/c1-24-17-8-4-5-13(20-17)9-10-16(23)21-14-6-2-3-7-15(14)22-12-18-11-19-22/h2-8,11-12H,9-10H2,1H3,(H,21,23). The number of amides is 1. The van der Waals surface area contributed by atoms with Gasteiger partial charge in [0.15, 0.2) is 0 Å². The fourth-order valence-corrected chi connectivity index (χ4v) is 2.28. The minimum Gasteiger partial charge on any atom is -0.481 e. The van der Waals surface area contributed by atoms with Crippen LogP contribution in [-0.2, 0) is 11.2 Å². The Morgan fingerprint density at radius 3 is 2.88 bits per heavy atom. The van der Waals surface area contributed by atoms with Crippen LogP contribution in [0.3, 0.4) is 0 Å². The number of methoxy groups -OCH3 is 1. The van der Waals surface area contributed by atoms with Crippen molar-refractivity contribution in [1.29, 1.82) is 0 Å². The summed E-state index contributed by atoms with van der Waals surface area (Å²) in [6, 6.07) is 13.0. The van der Waals surface area contributed by atoms with Crippen LogP contribution >= 0.6 is 0 Å². The molecule has 0 saturated carbocycles. The molecule has 0 atom stereocenters. The minimum atomic E-state index is -0.0906. The lowest BCUT2D eigenvalue weighted by atomic mass is 10.2. The summed E-state index contributed by atoms with van der Waals surface area (Å²) in [6.45, 7) is 0. The SMILES string of the molecule is COc1cccc(CCC(=O)Nc2ccccc2-n2cncn2)n1. The average Bonchev–Trinajstić information content (AvgIpc) is 3.15. The number of nitrogens with zero attached hydrogens (tertiary/aromatic N) is 4. The molecule has 2 aromatic heterocycles. The highest BCUT2D eigenvalue weighted by Gasteiger charge is 2.09. The Bertz CT molecular complexity index is 817. The zero-order valence-corrected chi connectivity index (χ0v) is 13.2. The molecule has 0 aliphatic heterocycles. The van der Waals surface area contributed by atoms with Crippen LogP contribution in [0.15, 0.2) is 55.1 Å². The Kier molecular flexibility index (Phi) is 4.81. The van der Waals surface area contributed by atoms with Gasteiger partial charge < -0.3 is 10.1 Å². The van der Waals surface area contributed by atoms with Crippen LogP contribution in [0.25, 0.3) is 5.69 Å². The predicted octanol–water partition coefficient (Wildman–Crippen LogP) is 2.24. The Morgan fingerprint density at radius 2 is 2.08 bits per heavy atom. The first kappa shape index (κ1) is 15.7. The summed E-state index contributed by atoms with van der Waals surface area (Å²) in [5, 5.41) is 7.01. The number of ether oxygens (including phenoxy) is 1. The van der Waals surface area contributed by atoms with Gasteiger partial charge in [0.1, 0.15) is 12.7 Å². The van der Waals surface area contributed by atoms with Gasteiger partial charge in [0.25, 0.3) is 0 Å². The van der Waals surface area contributed by atoms with Gasteiger partial charge in [-0.05, 0) is 24.6 Å². The lowest BCUT2D eigenvalue weighted by Gasteiger charge is -2.10. The molecule has 1 aromatic carbocycles. The van der Waals surface area contributed by atoms with Gasteiger partial charge in [-0.15, -0.1) is 0 Å². The van der Waals surface area contributed by atoms with Gasteiger partial charge in [-0.2, -0.15) is 5.10 Å². The summed E-state index contributed by atoms with van der Waals surface area (Å²) < 4.78 is 6.70. The number of para-hydroxylation sites is 2. The summed E-state index contributed by atoms with van der Waals surface area (Å²) in [5.41, 5.74) is 2.27. The molecule has 7 nitrogen and oxygen atoms in total. The smallest absolute Gasteiger partial charge is 0.224 e. The normalized spacial score (nSPS) is 10.4. The number of rotatable bonds is 6. The van der Waals surface area contributed by atoms with Crippen molar-refractivity contribution in [2.75, 3.05) is 12.4 Å². The van der Waals surface area contributed by atoms with Gasteiger partial charge in [-0.25, -0.2) is 14.6 Å². The summed E-state index contributed by atoms with van der Waals surface area (Å²) in [7, 11) is 1.57. The molecular formula is C17H17N5O2. The lowest BCUT2D eigenvalue weighted by molar-refractivity contribution is -0.116. The van der Waals surface area contributed by atoms with Gasteiger partial charge in [0.2, 0.25) is 11.8 Å². The number of carbonyl (C=O) groups excluding carboxylic acids is 1. The molecule has 24 heavy (non-hydrogen) atoms. The molecule has 0 aliphatic carbocycles. The molecule has 0 spiro atoms. The van der Waals surface area contributed by atoms with E-state index in [9.17, 15) is 4.79 Å². The minimum absolute atomic E-state index is 0.0906. The molecule has 1 amide bonds. The van der Waals surface area contributed by atoms with Crippen molar-refractivity contribution in [3.05, 3.63) is 60.8 Å². The van der Waals surface area contributed by atoms with Crippen molar-refractivity contribution >= 4 is 11.6 Å². The summed E-state index contributed by atoms with van der Waals surface area (Å²) in [5.74, 6) is 0.455. The number of hydrogen-bond acceptors (Lipinski definition) is 5. The van der Waals surface area contributed by atoms with Crippen molar-refractivity contribution in [3.63, 3.8) is 0 Å². The Labute approximate surface area is 139 Å². The number of aromatic nitrogens is 4. The maximum absolute atomic E-state index is 12.2. The van der Waals surface area contributed by atoms with Crippen molar-refractivity contribution in [2.24, 2.45) is 0 Å². The first-order chi connectivity index (χ1) is 11.8. The van der Waals surface area contributed by atoms with Crippen molar-refractivity contribution in [3.8, 4) is 11.6 Å². The predicted molar refractivity (Wildman–Crippen MR) is 89.1 cm³/mol. The average molecular weight is 323 g/mol. The van der Waals surface area contributed by atoms with Crippen LogP contribution < -0.4 is 10.1 Å². The number of nitrogens with one attached hydrogen (secondary N) is 1. The molecule has 0 saturated heterocycles. The van der Waals surface area contributed by atoms with Crippen LogP contribution in [-0.4, -0.2) is 32.8 Å². The third kappa shape index (κ3) is 3.75. The van der Waals surface area contributed by atoms with Gasteiger partial charge in [0.05, 0.1) is 18.5 Å². The van der Waals surface area contributed by atoms with Gasteiger partial charge in [-0.1, -0.05) is 18.2 Å². The van der Waals surface area contributed by atoms with E-state index < -0.39 is 0 Å². The highest BCUT2D eigenvalue weighted by atomic mass is 16.5. The molecule has 3 rings (SSSR count). The van der Waals surface area contributed by atoms with Crippen molar-refractivity contribution in [2.45, 2.75) is 12.8 Å². The van der Waals surface area contributed by atoms with Crippen LogP contribution in [0.2, 0.25) is 0 Å². The fraction of sp³-hybridized carbons (Fsp3) is 0.176. The monoisotopic (exact) mass is 323 g/mol. The van der Waals surface area contributed by atoms with E-state index in [0.29, 0.717) is 24.4 Å². The summed E-state index contributed by atoms with van der Waals surface area (Å²) in [4.78, 5) is 20.5. The number of anilines is 1. The van der Waals surface area contributed by atoms with E-state index in [2.05, 4.69) is 20.4 Å². The molecule has 0 aliphatic rings. The summed E-state index contributed by atoms with van der Waals surface area (Å²) in [6.07, 6.45) is 3.90. The number of aryl methyl sites for hydroxylation is 1. The molecule has 0 fully saturated rings. The largest absolute Gasteiger partial charge is 0.481 e. The first-order valence-electron chi connectivity index (χ1n) is 7.50. The maximum atomic E-state index is 12.2. The third-order valence-corrected chi connectivity index (χ3v) is 3.44. The van der Waals surface area contributed by atoms with E-state index >= 15 is 0 Å². The quantitative estimate of drug-likeness (QED) is 0.752. The molecule has 122 valence electrons. The molecule has 7 heteroatoms. The van der Waals surface area contributed by atoms with E-state index in [1.54, 1.807) is 24.2 Å². The molecule has 2 heterocycles. The lowest BCUT2D eigenvalue weighted by Crippen LogP contribution is -2.14. The van der Waals surface area contributed by atoms with Gasteiger partial charge in [0, 0.05) is 18.2 Å². The second-order valence-electron chi connectivity index (χ2n) is 5.08. The first-order valence-corrected chi connectivity index (χ1v) is 7.50. The van der Waals surface area contributed by atoms with Gasteiger partial charge in [-0.3, -0.25) is 4.79 Å². The Hall–Kier alpha value is -3.22. The molecule has 1 N–H and O–H groups in total. The Morgan fingerprint density at radius 1 is 1.21 bits per heavy atom. The third-order valence-electron chi connectivity index (χ3n) is 3.44. The van der Waals surface area contributed by atoms with E-state index in [1.165, 1.54) is 6.33 Å². The molecule has 0 radical (unpaired) electrons. The number of carbonyl (C=O) groups is 1. The number of hydrogen-bond donors (Lipinski definition) is 1. The number of pyridine rings is 1. The van der Waals surface area contributed by atoms with E-state index in [-0.39, 0.29) is 5.91 Å². The topological polar surface area (TPSA) is 81.9 Å². The highest BCUT2D eigenvalue weighted by Crippen LogP contribution is 2.19. The maximum Gasteiger partial charge on any atom is 0.224 e. The zero-order valence-electron chi connectivity index (χ0n) is 13.2. The molecule has 3 aromatic rings. The molecule has 0 bridgehead atoms. The van der Waals surface area contributed by atoms with Crippen LogP contribution in [0.1, 0.15) is 12.1 Å².